The predicted molar refractivity (Wildman–Crippen MR) is 78.2 cm³/mol. The molecule has 0 aromatic heterocycles. The Balaban J connectivity index is 2.77. The fourth-order valence-corrected chi connectivity index (χ4v) is 2.66. The van der Waals surface area contributed by atoms with Crippen molar-refractivity contribution in [2.45, 2.75) is 24.3 Å². The number of hydrogen-bond acceptors (Lipinski definition) is 3. The molecule has 0 fully saturated rings. The molecule has 0 aliphatic heterocycles. The summed E-state index contributed by atoms with van der Waals surface area (Å²) in [5.74, 6) is 1.06. The first-order valence-electron chi connectivity index (χ1n) is 5.65. The third-order valence-corrected chi connectivity index (χ3v) is 3.83. The van der Waals surface area contributed by atoms with Crippen LogP contribution in [0.25, 0.3) is 0 Å². The molecule has 0 saturated carbocycles. The van der Waals surface area contributed by atoms with Crippen molar-refractivity contribution in [2.24, 2.45) is 0 Å². The van der Waals surface area contributed by atoms with Gasteiger partial charge in [-0.3, -0.25) is 4.79 Å². The van der Waals surface area contributed by atoms with E-state index in [1.165, 1.54) is 0 Å². The second-order valence-corrected chi connectivity index (χ2v) is 5.41. The van der Waals surface area contributed by atoms with Gasteiger partial charge in [-0.05, 0) is 36.9 Å². The molecule has 0 aliphatic rings. The van der Waals surface area contributed by atoms with Gasteiger partial charge >= 0.3 is 0 Å². The fraction of sp³-hybridized carbons (Fsp3) is 0.462. The molecule has 94 valence electrons. The van der Waals surface area contributed by atoms with Crippen LogP contribution in [0, 0.1) is 0 Å². The largest absolute Gasteiger partial charge is 0.338 e. The average molecular weight is 269 g/mol. The molecule has 1 atom stereocenters. The Bertz CT molecular complexity index is 364. The van der Waals surface area contributed by atoms with Crippen LogP contribution in [0.15, 0.2) is 29.2 Å². The number of amides is 1. The minimum absolute atomic E-state index is 0.0826. The summed E-state index contributed by atoms with van der Waals surface area (Å²) < 4.78 is 0. The quantitative estimate of drug-likeness (QED) is 0.829. The summed E-state index contributed by atoms with van der Waals surface area (Å²) in [4.78, 5) is 14.9. The molecule has 0 aliphatic carbocycles. The number of nitrogens with zero attached hydrogens (tertiary/aromatic N) is 1. The van der Waals surface area contributed by atoms with E-state index in [9.17, 15) is 4.79 Å². The highest BCUT2D eigenvalue weighted by molar-refractivity contribution is 7.98. The summed E-state index contributed by atoms with van der Waals surface area (Å²) in [7, 11) is 1.88. The van der Waals surface area contributed by atoms with Crippen LogP contribution in [0.2, 0.25) is 0 Å². The highest BCUT2D eigenvalue weighted by Crippen LogP contribution is 2.14. The molecule has 0 N–H and O–H groups in total. The summed E-state index contributed by atoms with van der Waals surface area (Å²) in [5, 5.41) is 0. The standard InChI is InChI=1S/C13H19NOS2/c1-4-11(9-17-3)14(2)13(15)10-5-7-12(16)8-6-10/h5-8,11,16H,4,9H2,1-3H3. The molecular weight excluding hydrogens is 250 g/mol. The topological polar surface area (TPSA) is 20.3 Å². The lowest BCUT2D eigenvalue weighted by Crippen LogP contribution is -2.38. The molecule has 1 unspecified atom stereocenters. The van der Waals surface area contributed by atoms with Crippen LogP contribution in [-0.2, 0) is 0 Å². The average Bonchev–Trinajstić information content (AvgIpc) is 2.35. The van der Waals surface area contributed by atoms with E-state index in [1.807, 2.05) is 36.2 Å². The van der Waals surface area contributed by atoms with Crippen LogP contribution in [0.5, 0.6) is 0 Å². The Hall–Kier alpha value is -0.610. The highest BCUT2D eigenvalue weighted by atomic mass is 32.2. The second-order valence-electron chi connectivity index (χ2n) is 3.98. The van der Waals surface area contributed by atoms with Crippen molar-refractivity contribution in [3.8, 4) is 0 Å². The van der Waals surface area contributed by atoms with E-state index >= 15 is 0 Å². The van der Waals surface area contributed by atoms with Crippen LogP contribution >= 0.6 is 24.4 Å². The maximum absolute atomic E-state index is 12.2. The summed E-state index contributed by atoms with van der Waals surface area (Å²) in [5.41, 5.74) is 0.727. The molecule has 1 aromatic rings. The van der Waals surface area contributed by atoms with Gasteiger partial charge in [0, 0.05) is 29.3 Å². The van der Waals surface area contributed by atoms with E-state index < -0.39 is 0 Å². The van der Waals surface area contributed by atoms with Gasteiger partial charge in [0.1, 0.15) is 0 Å². The van der Waals surface area contributed by atoms with Crippen LogP contribution in [0.3, 0.4) is 0 Å². The molecule has 1 amide bonds. The van der Waals surface area contributed by atoms with Gasteiger partial charge in [0.25, 0.3) is 5.91 Å². The third-order valence-electron chi connectivity index (χ3n) is 2.81. The smallest absolute Gasteiger partial charge is 0.253 e. The fourth-order valence-electron chi connectivity index (χ4n) is 1.67. The summed E-state index contributed by atoms with van der Waals surface area (Å²) in [6.45, 7) is 2.11. The van der Waals surface area contributed by atoms with Gasteiger partial charge in [-0.1, -0.05) is 6.92 Å². The van der Waals surface area contributed by atoms with Crippen molar-refractivity contribution >= 4 is 30.3 Å². The monoisotopic (exact) mass is 269 g/mol. The number of thioether (sulfide) groups is 1. The van der Waals surface area contributed by atoms with Gasteiger partial charge in [-0.25, -0.2) is 0 Å². The minimum Gasteiger partial charge on any atom is -0.338 e. The third kappa shape index (κ3) is 3.96. The molecular formula is C13H19NOS2. The minimum atomic E-state index is 0.0826. The van der Waals surface area contributed by atoms with E-state index in [1.54, 1.807) is 11.8 Å². The van der Waals surface area contributed by atoms with E-state index in [4.69, 9.17) is 0 Å². The molecule has 0 bridgehead atoms. The first-order chi connectivity index (χ1) is 8.10. The van der Waals surface area contributed by atoms with Crippen LogP contribution in [-0.4, -0.2) is 35.9 Å². The predicted octanol–water partition coefficient (Wildman–Crippen LogP) is 3.19. The number of hydrogen-bond donors (Lipinski definition) is 1. The molecule has 1 rings (SSSR count). The van der Waals surface area contributed by atoms with Crippen molar-refractivity contribution < 1.29 is 4.79 Å². The summed E-state index contributed by atoms with van der Waals surface area (Å²) in [6.07, 6.45) is 3.05. The van der Waals surface area contributed by atoms with Crippen LogP contribution in [0.1, 0.15) is 23.7 Å². The number of thiol groups is 1. The zero-order valence-electron chi connectivity index (χ0n) is 10.5. The van der Waals surface area contributed by atoms with Crippen molar-refractivity contribution in [2.75, 3.05) is 19.1 Å². The van der Waals surface area contributed by atoms with Crippen molar-refractivity contribution in [3.63, 3.8) is 0 Å². The lowest BCUT2D eigenvalue weighted by atomic mass is 10.1. The molecule has 1 aromatic carbocycles. The van der Waals surface area contributed by atoms with Crippen LogP contribution < -0.4 is 0 Å². The van der Waals surface area contributed by atoms with Crippen molar-refractivity contribution in [1.29, 1.82) is 0 Å². The van der Waals surface area contributed by atoms with E-state index in [2.05, 4.69) is 25.8 Å². The van der Waals surface area contributed by atoms with Gasteiger partial charge in [0.05, 0.1) is 0 Å². The number of benzene rings is 1. The van der Waals surface area contributed by atoms with Gasteiger partial charge in [0.2, 0.25) is 0 Å². The lowest BCUT2D eigenvalue weighted by molar-refractivity contribution is 0.0743. The molecule has 2 nitrogen and oxygen atoms in total. The summed E-state index contributed by atoms with van der Waals surface area (Å²) >= 11 is 5.99. The molecule has 0 radical (unpaired) electrons. The zero-order valence-corrected chi connectivity index (χ0v) is 12.2. The number of rotatable bonds is 5. The lowest BCUT2D eigenvalue weighted by Gasteiger charge is -2.26. The molecule has 0 heterocycles. The Morgan fingerprint density at radius 1 is 1.41 bits per heavy atom. The molecule has 0 saturated heterocycles. The number of carbonyl (C=O) groups excluding carboxylic acids is 1. The summed E-state index contributed by atoms with van der Waals surface area (Å²) in [6, 6.07) is 7.65. The first kappa shape index (κ1) is 14.5. The highest BCUT2D eigenvalue weighted by Gasteiger charge is 2.18. The van der Waals surface area contributed by atoms with Gasteiger partial charge in [-0.2, -0.15) is 11.8 Å². The van der Waals surface area contributed by atoms with E-state index in [0.717, 1.165) is 22.6 Å². The molecule has 4 heteroatoms. The van der Waals surface area contributed by atoms with Crippen molar-refractivity contribution in [3.05, 3.63) is 29.8 Å². The zero-order chi connectivity index (χ0) is 12.8. The molecule has 0 spiro atoms. The normalized spacial score (nSPS) is 12.2. The molecule has 17 heavy (non-hydrogen) atoms. The maximum Gasteiger partial charge on any atom is 0.253 e. The van der Waals surface area contributed by atoms with E-state index in [0.29, 0.717) is 6.04 Å². The maximum atomic E-state index is 12.2. The first-order valence-corrected chi connectivity index (χ1v) is 7.49. The second kappa shape index (κ2) is 6.97. The van der Waals surface area contributed by atoms with Crippen LogP contribution in [0.4, 0.5) is 0 Å². The van der Waals surface area contributed by atoms with Gasteiger partial charge < -0.3 is 4.90 Å². The SMILES string of the molecule is CCC(CSC)N(C)C(=O)c1ccc(S)cc1. The van der Waals surface area contributed by atoms with Crippen molar-refractivity contribution in [1.82, 2.24) is 4.90 Å². The Morgan fingerprint density at radius 2 is 2.00 bits per heavy atom. The Labute approximate surface area is 113 Å². The van der Waals surface area contributed by atoms with Gasteiger partial charge in [0.15, 0.2) is 0 Å². The van der Waals surface area contributed by atoms with Gasteiger partial charge in [-0.15, -0.1) is 12.6 Å². The number of carbonyl (C=O) groups is 1. The Kier molecular flexibility index (Phi) is 5.92. The van der Waals surface area contributed by atoms with E-state index in [-0.39, 0.29) is 5.91 Å². The Morgan fingerprint density at radius 3 is 2.47 bits per heavy atom.